The normalized spacial score (nSPS) is 12.4. The van der Waals surface area contributed by atoms with E-state index < -0.39 is 5.25 Å². The quantitative estimate of drug-likeness (QED) is 0.367. The Morgan fingerprint density at radius 2 is 1.90 bits per heavy atom. The van der Waals surface area contributed by atoms with E-state index in [0.717, 1.165) is 0 Å². The molecule has 2 aromatic heterocycles. The molecule has 1 atom stereocenters. The smallest absolute Gasteiger partial charge is 0.262 e. The van der Waals surface area contributed by atoms with Gasteiger partial charge in [-0.25, -0.2) is 9.97 Å². The number of nitrogens with one attached hydrogen (secondary N) is 1. The van der Waals surface area contributed by atoms with Crippen LogP contribution in [0.25, 0.3) is 10.9 Å². The van der Waals surface area contributed by atoms with E-state index in [1.807, 2.05) is 13.8 Å². The number of hydrogen-bond donors (Lipinski definition) is 1. The number of amides is 1. The number of benzene rings is 1. The van der Waals surface area contributed by atoms with Crippen LogP contribution >= 0.6 is 46.6 Å². The molecule has 30 heavy (non-hydrogen) atoms. The number of pyridine rings is 1. The summed E-state index contributed by atoms with van der Waals surface area (Å²) in [6.07, 6.45) is 1.40. The summed E-state index contributed by atoms with van der Waals surface area (Å²) in [6, 6.07) is 6.49. The molecule has 0 saturated heterocycles. The summed E-state index contributed by atoms with van der Waals surface area (Å²) in [7, 11) is 0. The molecule has 0 aliphatic heterocycles. The van der Waals surface area contributed by atoms with E-state index in [1.54, 1.807) is 29.7 Å². The summed E-state index contributed by atoms with van der Waals surface area (Å²) in [5.74, 6) is 0.110. The van der Waals surface area contributed by atoms with Gasteiger partial charge in [0.25, 0.3) is 5.56 Å². The Labute approximate surface area is 192 Å². The molecule has 0 aliphatic carbocycles. The molecule has 2 heterocycles. The van der Waals surface area contributed by atoms with Crippen molar-refractivity contribution >= 4 is 69.2 Å². The molecule has 158 valence electrons. The average molecular weight is 486 g/mol. The highest BCUT2D eigenvalue weighted by Crippen LogP contribution is 2.27. The van der Waals surface area contributed by atoms with Gasteiger partial charge in [0.2, 0.25) is 5.91 Å². The fraction of sp³-hybridized carbons (Fsp3) is 0.300. The van der Waals surface area contributed by atoms with E-state index in [0.29, 0.717) is 32.6 Å². The lowest BCUT2D eigenvalue weighted by Gasteiger charge is -2.17. The van der Waals surface area contributed by atoms with E-state index >= 15 is 0 Å². The predicted octanol–water partition coefficient (Wildman–Crippen LogP) is 5.53. The average Bonchev–Trinajstić information content (AvgIpc) is 2.67. The number of rotatable bonds is 6. The number of carbonyl (C=O) groups excluding carboxylic acids is 1. The number of fused-ring (bicyclic) bond motifs is 1. The minimum atomic E-state index is -0.561. The number of nitrogens with zero attached hydrogens (tertiary/aromatic N) is 3. The number of halogens is 3. The van der Waals surface area contributed by atoms with Crippen LogP contribution in [-0.4, -0.2) is 25.7 Å². The molecule has 3 rings (SSSR count). The maximum atomic E-state index is 13.1. The van der Waals surface area contributed by atoms with Crippen molar-refractivity contribution in [2.45, 2.75) is 37.7 Å². The monoisotopic (exact) mass is 484 g/mol. The number of carbonyl (C=O) groups is 1. The first-order valence-corrected chi connectivity index (χ1v) is 11.2. The summed E-state index contributed by atoms with van der Waals surface area (Å²) in [4.78, 5) is 34.4. The van der Waals surface area contributed by atoms with Gasteiger partial charge in [0.15, 0.2) is 11.0 Å². The third-order valence-electron chi connectivity index (χ3n) is 4.13. The van der Waals surface area contributed by atoms with Gasteiger partial charge in [-0.1, -0.05) is 60.4 Å². The second kappa shape index (κ2) is 9.56. The van der Waals surface area contributed by atoms with Gasteiger partial charge in [-0.3, -0.25) is 14.2 Å². The van der Waals surface area contributed by atoms with Crippen molar-refractivity contribution in [1.82, 2.24) is 14.5 Å². The van der Waals surface area contributed by atoms with Gasteiger partial charge < -0.3 is 5.32 Å². The molecular weight excluding hydrogens is 467 g/mol. The summed E-state index contributed by atoms with van der Waals surface area (Å²) in [6.45, 7) is 6.21. The van der Waals surface area contributed by atoms with Gasteiger partial charge in [-0.2, -0.15) is 0 Å². The van der Waals surface area contributed by atoms with E-state index in [9.17, 15) is 9.59 Å². The van der Waals surface area contributed by atoms with Crippen molar-refractivity contribution in [3.8, 4) is 0 Å². The van der Waals surface area contributed by atoms with Crippen molar-refractivity contribution < 1.29 is 4.79 Å². The molecule has 0 fully saturated rings. The van der Waals surface area contributed by atoms with Crippen molar-refractivity contribution in [2.24, 2.45) is 5.92 Å². The minimum absolute atomic E-state index is 0.186. The molecule has 1 N–H and O–H groups in total. The zero-order valence-corrected chi connectivity index (χ0v) is 19.5. The van der Waals surface area contributed by atoms with Crippen LogP contribution in [0.2, 0.25) is 15.1 Å². The first kappa shape index (κ1) is 22.9. The van der Waals surface area contributed by atoms with Crippen LogP contribution < -0.4 is 10.9 Å². The summed E-state index contributed by atoms with van der Waals surface area (Å²) >= 11 is 19.2. The third-order valence-corrected chi connectivity index (χ3v) is 5.95. The van der Waals surface area contributed by atoms with E-state index in [2.05, 4.69) is 15.3 Å². The number of anilines is 1. The second-order valence-electron chi connectivity index (χ2n) is 7.10. The Morgan fingerprint density at radius 3 is 2.57 bits per heavy atom. The standard InChI is InChI=1S/C20H19Cl3N4O2S/c1-10(2)9-27-19(29)14-6-12(21)4-5-16(14)25-20(27)30-11(3)18(28)26-17-15(23)7-13(22)8-24-17/h4-8,10-11H,9H2,1-3H3,(H,24,26,28). The van der Waals surface area contributed by atoms with Crippen molar-refractivity contribution in [2.75, 3.05) is 5.32 Å². The topological polar surface area (TPSA) is 76.9 Å². The van der Waals surface area contributed by atoms with Crippen molar-refractivity contribution in [3.05, 3.63) is 55.9 Å². The van der Waals surface area contributed by atoms with E-state index in [-0.39, 0.29) is 28.2 Å². The van der Waals surface area contributed by atoms with E-state index in [4.69, 9.17) is 34.8 Å². The molecule has 0 saturated carbocycles. The van der Waals surface area contributed by atoms with Gasteiger partial charge in [0.1, 0.15) is 0 Å². The Balaban J connectivity index is 1.92. The minimum Gasteiger partial charge on any atom is -0.308 e. The Bertz CT molecular complexity index is 1170. The molecule has 1 aromatic carbocycles. The van der Waals surface area contributed by atoms with Gasteiger partial charge >= 0.3 is 0 Å². The molecule has 0 bridgehead atoms. The third kappa shape index (κ3) is 5.27. The van der Waals surface area contributed by atoms with Crippen LogP contribution in [0.4, 0.5) is 5.82 Å². The van der Waals surface area contributed by atoms with Crippen molar-refractivity contribution in [3.63, 3.8) is 0 Å². The lowest BCUT2D eigenvalue weighted by Crippen LogP contribution is -2.28. The largest absolute Gasteiger partial charge is 0.308 e. The van der Waals surface area contributed by atoms with Crippen molar-refractivity contribution in [1.29, 1.82) is 0 Å². The highest BCUT2D eigenvalue weighted by Gasteiger charge is 2.21. The number of hydrogen-bond acceptors (Lipinski definition) is 5. The summed E-state index contributed by atoms with van der Waals surface area (Å²) in [5, 5.41) is 4.11. The number of aromatic nitrogens is 3. The lowest BCUT2D eigenvalue weighted by atomic mass is 10.2. The van der Waals surface area contributed by atoms with Gasteiger partial charge in [0, 0.05) is 17.8 Å². The molecule has 0 radical (unpaired) electrons. The number of thioether (sulfide) groups is 1. The molecule has 10 heteroatoms. The van der Waals surface area contributed by atoms with E-state index in [1.165, 1.54) is 24.0 Å². The van der Waals surface area contributed by atoms with Crippen LogP contribution in [0.1, 0.15) is 20.8 Å². The molecule has 6 nitrogen and oxygen atoms in total. The molecule has 0 aliphatic rings. The maximum Gasteiger partial charge on any atom is 0.262 e. The predicted molar refractivity (Wildman–Crippen MR) is 124 cm³/mol. The lowest BCUT2D eigenvalue weighted by molar-refractivity contribution is -0.115. The molecule has 1 amide bonds. The molecule has 3 aromatic rings. The zero-order valence-electron chi connectivity index (χ0n) is 16.4. The Kier molecular flexibility index (Phi) is 7.29. The van der Waals surface area contributed by atoms with Gasteiger partial charge in [-0.05, 0) is 37.1 Å². The van der Waals surface area contributed by atoms with Gasteiger partial charge in [-0.15, -0.1) is 0 Å². The zero-order chi connectivity index (χ0) is 22.0. The second-order valence-corrected chi connectivity index (χ2v) is 9.69. The Hall–Kier alpha value is -1.80. The van der Waals surface area contributed by atoms with Crippen LogP contribution in [0.5, 0.6) is 0 Å². The van der Waals surface area contributed by atoms with Crippen LogP contribution in [-0.2, 0) is 11.3 Å². The highest BCUT2D eigenvalue weighted by molar-refractivity contribution is 8.00. The van der Waals surface area contributed by atoms with Crippen LogP contribution in [0.15, 0.2) is 40.4 Å². The highest BCUT2D eigenvalue weighted by atomic mass is 35.5. The summed E-state index contributed by atoms with van der Waals surface area (Å²) in [5.41, 5.74) is 0.343. The molecular formula is C20H19Cl3N4O2S. The first-order chi connectivity index (χ1) is 14.2. The van der Waals surface area contributed by atoms with Crippen LogP contribution in [0.3, 0.4) is 0 Å². The Morgan fingerprint density at radius 1 is 1.17 bits per heavy atom. The SMILES string of the molecule is CC(C)Cn1c(SC(C)C(=O)Nc2ncc(Cl)cc2Cl)nc2ccc(Cl)cc2c1=O. The van der Waals surface area contributed by atoms with Crippen LogP contribution in [0, 0.1) is 5.92 Å². The maximum absolute atomic E-state index is 13.1. The fourth-order valence-electron chi connectivity index (χ4n) is 2.73. The molecule has 1 unspecified atom stereocenters. The summed E-state index contributed by atoms with van der Waals surface area (Å²) < 4.78 is 1.59. The van der Waals surface area contributed by atoms with Gasteiger partial charge in [0.05, 0.1) is 26.2 Å². The molecule has 0 spiro atoms. The first-order valence-electron chi connectivity index (χ1n) is 9.14. The fourth-order valence-corrected chi connectivity index (χ4v) is 4.24.